The highest BCUT2D eigenvalue weighted by atomic mass is 16.6. The number of nitrogen functional groups attached to an aromatic ring is 2. The van der Waals surface area contributed by atoms with E-state index in [9.17, 15) is 0 Å². The summed E-state index contributed by atoms with van der Waals surface area (Å²) in [5, 5.41) is 0. The average molecular weight is 627 g/mol. The molecule has 0 saturated carbocycles. The van der Waals surface area contributed by atoms with Crippen molar-refractivity contribution in [2.75, 3.05) is 37.9 Å². The number of benzene rings is 2. The fourth-order valence-corrected chi connectivity index (χ4v) is 9.47. The summed E-state index contributed by atoms with van der Waals surface area (Å²) in [6.07, 6.45) is 4.94. The van der Waals surface area contributed by atoms with Gasteiger partial charge in [-0.2, -0.15) is 0 Å². The second kappa shape index (κ2) is 11.5. The number of epoxide rings is 4. The summed E-state index contributed by atoms with van der Waals surface area (Å²) in [5.41, 5.74) is 27.4. The third-order valence-corrected chi connectivity index (χ3v) is 11.6. The summed E-state index contributed by atoms with van der Waals surface area (Å²) in [5.74, 6) is 0.565. The Morgan fingerprint density at radius 3 is 0.978 bits per heavy atom. The van der Waals surface area contributed by atoms with Gasteiger partial charge < -0.3 is 30.4 Å². The molecule has 7 rings (SSSR count). The third-order valence-electron chi connectivity index (χ3n) is 11.6. The van der Waals surface area contributed by atoms with E-state index in [-0.39, 0.29) is 47.1 Å². The van der Waals surface area contributed by atoms with Gasteiger partial charge in [-0.15, -0.1) is 0 Å². The van der Waals surface area contributed by atoms with Gasteiger partial charge in [0.25, 0.3) is 0 Å². The molecule has 0 bridgehead atoms. The number of hydrogen-bond donors (Lipinski definition) is 2. The summed E-state index contributed by atoms with van der Waals surface area (Å²) in [7, 11) is 0. The number of nitrogens with two attached hydrogens (primary N) is 2. The number of aryl methyl sites for hydroxylation is 4. The molecule has 4 fully saturated rings. The predicted octanol–water partition coefficient (Wildman–Crippen LogP) is 7.75. The lowest BCUT2D eigenvalue weighted by Crippen LogP contribution is -2.53. The van der Waals surface area contributed by atoms with Crippen LogP contribution in [0.15, 0.2) is 35.4 Å². The van der Waals surface area contributed by atoms with Crippen molar-refractivity contribution >= 4 is 22.5 Å². The molecule has 1 aliphatic carbocycles. The quantitative estimate of drug-likeness (QED) is 0.185. The van der Waals surface area contributed by atoms with Crippen LogP contribution in [0.3, 0.4) is 0 Å². The summed E-state index contributed by atoms with van der Waals surface area (Å²) < 4.78 is 24.7. The Labute approximate surface area is 275 Å². The van der Waals surface area contributed by atoms with Crippen LogP contribution >= 0.6 is 0 Å². The molecular weight excluding hydrogens is 572 g/mol. The van der Waals surface area contributed by atoms with E-state index in [0.29, 0.717) is 0 Å². The molecule has 4 unspecified atom stereocenters. The van der Waals surface area contributed by atoms with Crippen LogP contribution in [0.1, 0.15) is 86.8 Å². The van der Waals surface area contributed by atoms with Gasteiger partial charge >= 0.3 is 0 Å². The average Bonchev–Trinajstić information content (AvgIpc) is 3.77. The molecule has 5 aliphatic rings. The molecule has 4 heterocycles. The maximum atomic E-state index is 6.62. The zero-order valence-corrected chi connectivity index (χ0v) is 29.2. The van der Waals surface area contributed by atoms with Crippen LogP contribution in [0.4, 0.5) is 11.4 Å². The van der Waals surface area contributed by atoms with E-state index in [2.05, 4.69) is 79.7 Å². The van der Waals surface area contributed by atoms with Gasteiger partial charge in [0.05, 0.1) is 50.8 Å². The van der Waals surface area contributed by atoms with Crippen LogP contribution in [-0.2, 0) is 18.9 Å². The highest BCUT2D eigenvalue weighted by Crippen LogP contribution is 2.71. The van der Waals surface area contributed by atoms with E-state index in [0.717, 1.165) is 85.7 Å². The molecule has 4 aliphatic heterocycles. The lowest BCUT2D eigenvalue weighted by Gasteiger charge is -2.60. The van der Waals surface area contributed by atoms with Gasteiger partial charge in [-0.3, -0.25) is 0 Å². The van der Waals surface area contributed by atoms with E-state index < -0.39 is 0 Å². The van der Waals surface area contributed by atoms with Crippen LogP contribution in [-0.4, -0.2) is 50.8 Å². The molecule has 0 aromatic heterocycles. The van der Waals surface area contributed by atoms with Crippen LogP contribution in [0.25, 0.3) is 11.1 Å². The van der Waals surface area contributed by atoms with Crippen molar-refractivity contribution < 1.29 is 18.9 Å². The maximum Gasteiger partial charge on any atom is 0.0818 e. The van der Waals surface area contributed by atoms with E-state index in [1.807, 2.05) is 0 Å². The standard InChI is InChI=1S/C40H54N2O4/c1-21(2)35-33(27-9-23(5)37(41)24(6)10-27)34(28-11-25(7)38(42)26(8)12-28)36(22(3)4)40(15-31-19-45-31,16-32-20-46-32)39(35,13-29-17-43-29)14-30-18-44-30/h9-12,21-22,29-32H,13-20,41-42H2,1-8H3. The van der Waals surface area contributed by atoms with Gasteiger partial charge in [0.1, 0.15) is 0 Å². The van der Waals surface area contributed by atoms with Gasteiger partial charge in [0.2, 0.25) is 0 Å². The smallest absolute Gasteiger partial charge is 0.0818 e. The van der Waals surface area contributed by atoms with E-state index in [4.69, 9.17) is 30.4 Å². The van der Waals surface area contributed by atoms with Crippen molar-refractivity contribution in [3.05, 3.63) is 68.8 Å². The first-order chi connectivity index (χ1) is 21.8. The van der Waals surface area contributed by atoms with Crippen LogP contribution in [0.5, 0.6) is 0 Å². The highest BCUT2D eigenvalue weighted by molar-refractivity contribution is 6.10. The van der Waals surface area contributed by atoms with Crippen molar-refractivity contribution in [1.82, 2.24) is 0 Å². The predicted molar refractivity (Wildman–Crippen MR) is 186 cm³/mol. The number of rotatable bonds is 12. The molecule has 2 aromatic rings. The van der Waals surface area contributed by atoms with Gasteiger partial charge in [0.15, 0.2) is 0 Å². The Morgan fingerprint density at radius 2 is 0.783 bits per heavy atom. The normalized spacial score (nSPS) is 31.7. The Kier molecular flexibility index (Phi) is 7.99. The Bertz CT molecular complexity index is 1410. The Hall–Kier alpha value is -2.64. The second-order valence-corrected chi connectivity index (χ2v) is 15.7. The monoisotopic (exact) mass is 626 g/mol. The van der Waals surface area contributed by atoms with Crippen LogP contribution < -0.4 is 11.5 Å². The van der Waals surface area contributed by atoms with E-state index >= 15 is 0 Å². The third kappa shape index (κ3) is 5.53. The van der Waals surface area contributed by atoms with Crippen molar-refractivity contribution in [1.29, 1.82) is 0 Å². The topological polar surface area (TPSA) is 102 Å². The van der Waals surface area contributed by atoms with Gasteiger partial charge in [0, 0.05) is 22.2 Å². The van der Waals surface area contributed by atoms with Crippen molar-refractivity contribution in [3.63, 3.8) is 0 Å². The molecular formula is C40H54N2O4. The zero-order chi connectivity index (χ0) is 32.7. The molecule has 0 radical (unpaired) electrons. The molecule has 4 atom stereocenters. The summed E-state index contributed by atoms with van der Waals surface area (Å²) in [4.78, 5) is 0. The molecule has 46 heavy (non-hydrogen) atoms. The Morgan fingerprint density at radius 1 is 0.543 bits per heavy atom. The fourth-order valence-electron chi connectivity index (χ4n) is 9.47. The fraction of sp³-hybridized carbons (Fsp3) is 0.600. The number of ether oxygens (including phenoxy) is 4. The molecule has 6 nitrogen and oxygen atoms in total. The Balaban J connectivity index is 1.66. The highest BCUT2D eigenvalue weighted by Gasteiger charge is 2.65. The molecule has 2 aromatic carbocycles. The van der Waals surface area contributed by atoms with Crippen LogP contribution in [0, 0.1) is 50.4 Å². The molecule has 6 heteroatoms. The van der Waals surface area contributed by atoms with Crippen molar-refractivity contribution in [2.45, 2.75) is 105 Å². The molecule has 4 N–H and O–H groups in total. The minimum absolute atomic E-state index is 0.194. The minimum Gasteiger partial charge on any atom is -0.398 e. The molecule has 4 saturated heterocycles. The van der Waals surface area contributed by atoms with Crippen LogP contribution in [0.2, 0.25) is 0 Å². The second-order valence-electron chi connectivity index (χ2n) is 15.7. The lowest BCUT2D eigenvalue weighted by molar-refractivity contribution is 0.0215. The maximum absolute atomic E-state index is 6.62. The van der Waals surface area contributed by atoms with Crippen molar-refractivity contribution in [3.8, 4) is 0 Å². The zero-order valence-electron chi connectivity index (χ0n) is 29.2. The molecule has 0 spiro atoms. The first kappa shape index (κ1) is 31.9. The lowest BCUT2D eigenvalue weighted by atomic mass is 9.43. The first-order valence-corrected chi connectivity index (χ1v) is 17.6. The minimum atomic E-state index is -0.194. The van der Waals surface area contributed by atoms with Crippen molar-refractivity contribution in [2.24, 2.45) is 22.7 Å². The number of hydrogen-bond acceptors (Lipinski definition) is 6. The van der Waals surface area contributed by atoms with E-state index in [1.54, 1.807) is 0 Å². The number of allylic oxidation sites excluding steroid dienone is 4. The molecule has 248 valence electrons. The largest absolute Gasteiger partial charge is 0.398 e. The first-order valence-electron chi connectivity index (χ1n) is 17.6. The van der Waals surface area contributed by atoms with Gasteiger partial charge in [-0.05, 0) is 134 Å². The van der Waals surface area contributed by atoms with Gasteiger partial charge in [-0.25, -0.2) is 0 Å². The van der Waals surface area contributed by atoms with Gasteiger partial charge in [-0.1, -0.05) is 38.8 Å². The number of anilines is 2. The summed E-state index contributed by atoms with van der Waals surface area (Å²) in [6, 6.07) is 9.34. The summed E-state index contributed by atoms with van der Waals surface area (Å²) >= 11 is 0. The molecule has 0 amide bonds. The van der Waals surface area contributed by atoms with E-state index in [1.165, 1.54) is 33.4 Å². The summed E-state index contributed by atoms with van der Waals surface area (Å²) in [6.45, 7) is 21.5. The SMILES string of the molecule is Cc1cc(C2=C(C(C)C)C(CC3CO3)(CC3CO3)C(CC3CO3)(CC3CO3)C(C(C)C)=C2c2cc(C)c(N)c(C)c2)cc(C)c1N.